The van der Waals surface area contributed by atoms with E-state index < -0.39 is 10.0 Å². The number of sulfonamides is 1. The summed E-state index contributed by atoms with van der Waals surface area (Å²) in [5.74, 6) is -0.234. The lowest BCUT2D eigenvalue weighted by Crippen LogP contribution is -2.35. The van der Waals surface area contributed by atoms with Crippen molar-refractivity contribution in [3.05, 3.63) is 47.3 Å². The maximum Gasteiger partial charge on any atom is 0.271 e. The van der Waals surface area contributed by atoms with Crippen molar-refractivity contribution in [3.8, 4) is 0 Å². The van der Waals surface area contributed by atoms with E-state index in [4.69, 9.17) is 4.74 Å². The number of anilines is 1. The van der Waals surface area contributed by atoms with Crippen LogP contribution in [-0.2, 0) is 14.8 Å². The van der Waals surface area contributed by atoms with Crippen molar-refractivity contribution in [3.63, 3.8) is 0 Å². The van der Waals surface area contributed by atoms with Crippen LogP contribution < -0.4 is 10.0 Å². The molecule has 124 valence electrons. The van der Waals surface area contributed by atoms with Gasteiger partial charge in [0.05, 0.1) is 6.61 Å². The second kappa shape index (κ2) is 7.58. The number of ether oxygens (including phenoxy) is 1. The predicted octanol–water partition coefficient (Wildman–Crippen LogP) is 2.31. The molecule has 2 rings (SSSR count). The molecule has 0 unspecified atom stereocenters. The fourth-order valence-corrected chi connectivity index (χ4v) is 3.96. The van der Waals surface area contributed by atoms with Crippen molar-refractivity contribution in [2.75, 3.05) is 18.4 Å². The second-order valence-corrected chi connectivity index (χ2v) is 7.80. The average Bonchev–Trinajstić information content (AvgIpc) is 3.03. The van der Waals surface area contributed by atoms with Gasteiger partial charge in [-0.3, -0.25) is 9.52 Å². The highest BCUT2D eigenvalue weighted by Gasteiger charge is 2.15. The molecular formula is C15H18N2O4S2. The number of benzene rings is 1. The maximum absolute atomic E-state index is 12.1. The Balaban J connectivity index is 2.04. The van der Waals surface area contributed by atoms with Gasteiger partial charge in [-0.15, -0.1) is 11.3 Å². The second-order valence-electron chi connectivity index (χ2n) is 4.94. The first kappa shape index (κ1) is 17.5. The van der Waals surface area contributed by atoms with Crippen LogP contribution >= 0.6 is 11.3 Å². The summed E-state index contributed by atoms with van der Waals surface area (Å²) in [7, 11) is -2.01. The van der Waals surface area contributed by atoms with E-state index in [0.29, 0.717) is 17.9 Å². The summed E-state index contributed by atoms with van der Waals surface area (Å²) in [5.41, 5.74) is 0.854. The van der Waals surface area contributed by atoms with Crippen LogP contribution in [0.25, 0.3) is 0 Å². The predicted molar refractivity (Wildman–Crippen MR) is 90.4 cm³/mol. The van der Waals surface area contributed by atoms with Gasteiger partial charge in [0.25, 0.3) is 15.9 Å². The van der Waals surface area contributed by atoms with Gasteiger partial charge in [0.2, 0.25) is 0 Å². The number of thiophene rings is 1. The summed E-state index contributed by atoms with van der Waals surface area (Å²) in [6.45, 7) is 2.26. The third kappa shape index (κ3) is 4.78. The number of rotatable bonds is 7. The Bertz CT molecular complexity index is 740. The number of hydrogen-bond acceptors (Lipinski definition) is 5. The number of carbonyl (C=O) groups excluding carboxylic acids is 1. The number of carbonyl (C=O) groups is 1. The first-order valence-electron chi connectivity index (χ1n) is 6.88. The van der Waals surface area contributed by atoms with E-state index in [9.17, 15) is 13.2 Å². The molecule has 1 heterocycles. The molecular weight excluding hydrogens is 336 g/mol. The molecule has 1 amide bonds. The van der Waals surface area contributed by atoms with Crippen molar-refractivity contribution in [1.29, 1.82) is 0 Å². The monoisotopic (exact) mass is 354 g/mol. The van der Waals surface area contributed by atoms with E-state index in [0.717, 1.165) is 11.3 Å². The zero-order valence-corrected chi connectivity index (χ0v) is 14.4. The van der Waals surface area contributed by atoms with Crippen LogP contribution in [0.4, 0.5) is 5.69 Å². The van der Waals surface area contributed by atoms with E-state index in [2.05, 4.69) is 10.0 Å². The summed E-state index contributed by atoms with van der Waals surface area (Å²) in [5, 5.41) is 4.48. The zero-order valence-electron chi connectivity index (χ0n) is 12.8. The number of methoxy groups -OCH3 is 1. The van der Waals surface area contributed by atoms with Gasteiger partial charge in [0.1, 0.15) is 4.21 Å². The molecule has 1 aromatic carbocycles. The molecule has 2 N–H and O–H groups in total. The Kier molecular flexibility index (Phi) is 5.75. The highest BCUT2D eigenvalue weighted by Crippen LogP contribution is 2.20. The van der Waals surface area contributed by atoms with Gasteiger partial charge >= 0.3 is 0 Å². The Hall–Kier alpha value is -1.90. The lowest BCUT2D eigenvalue weighted by atomic mass is 10.2. The van der Waals surface area contributed by atoms with Crippen LogP contribution in [0.2, 0.25) is 0 Å². The molecule has 1 atom stereocenters. The minimum absolute atomic E-state index is 0.107. The lowest BCUT2D eigenvalue weighted by Gasteiger charge is -2.13. The molecule has 0 aliphatic rings. The topological polar surface area (TPSA) is 84.5 Å². The zero-order chi connectivity index (χ0) is 16.9. The molecule has 0 saturated heterocycles. The smallest absolute Gasteiger partial charge is 0.271 e. The largest absolute Gasteiger partial charge is 0.383 e. The summed E-state index contributed by atoms with van der Waals surface area (Å²) >= 11 is 1.14. The highest BCUT2D eigenvalue weighted by atomic mass is 32.2. The molecule has 0 spiro atoms. The Morgan fingerprint density at radius 3 is 2.52 bits per heavy atom. The summed E-state index contributed by atoms with van der Waals surface area (Å²) in [4.78, 5) is 12.0. The summed E-state index contributed by atoms with van der Waals surface area (Å²) in [6.07, 6.45) is 0. The first-order valence-corrected chi connectivity index (χ1v) is 9.25. The van der Waals surface area contributed by atoms with Gasteiger partial charge in [0.15, 0.2) is 0 Å². The molecule has 1 aromatic heterocycles. The van der Waals surface area contributed by atoms with Crippen LogP contribution in [0.1, 0.15) is 17.3 Å². The van der Waals surface area contributed by atoms with Crippen LogP contribution in [0.3, 0.4) is 0 Å². The molecule has 0 bridgehead atoms. The third-order valence-corrected chi connectivity index (χ3v) is 5.73. The molecule has 2 aromatic rings. The Morgan fingerprint density at radius 1 is 1.26 bits per heavy atom. The summed E-state index contributed by atoms with van der Waals surface area (Å²) in [6, 6.07) is 9.36. The Morgan fingerprint density at radius 2 is 1.96 bits per heavy atom. The van der Waals surface area contributed by atoms with Gasteiger partial charge < -0.3 is 10.1 Å². The highest BCUT2D eigenvalue weighted by molar-refractivity contribution is 7.94. The van der Waals surface area contributed by atoms with Gasteiger partial charge in [0, 0.05) is 24.4 Å². The first-order chi connectivity index (χ1) is 10.9. The van der Waals surface area contributed by atoms with Crippen molar-refractivity contribution in [2.24, 2.45) is 0 Å². The molecule has 0 saturated carbocycles. The molecule has 0 fully saturated rings. The van der Waals surface area contributed by atoms with Crippen molar-refractivity contribution < 1.29 is 17.9 Å². The standard InChI is InChI=1S/C15H18N2O4S2/c1-11(10-21-2)16-15(18)12-5-7-13(8-6-12)17-23(19,20)14-4-3-9-22-14/h3-9,11,17H,10H2,1-2H3,(H,16,18)/t11-/m0/s1. The molecule has 6 nitrogen and oxygen atoms in total. The average molecular weight is 354 g/mol. The normalized spacial score (nSPS) is 12.6. The van der Waals surface area contributed by atoms with E-state index in [-0.39, 0.29) is 16.2 Å². The minimum Gasteiger partial charge on any atom is -0.383 e. The van der Waals surface area contributed by atoms with Crippen LogP contribution in [0, 0.1) is 0 Å². The molecule has 8 heteroatoms. The number of amides is 1. The SMILES string of the molecule is COC[C@H](C)NC(=O)c1ccc(NS(=O)(=O)c2cccs2)cc1. The van der Waals surface area contributed by atoms with E-state index >= 15 is 0 Å². The molecule has 0 radical (unpaired) electrons. The third-order valence-electron chi connectivity index (χ3n) is 2.95. The molecule has 23 heavy (non-hydrogen) atoms. The quantitative estimate of drug-likeness (QED) is 0.799. The van der Waals surface area contributed by atoms with Gasteiger partial charge in [-0.05, 0) is 42.6 Å². The van der Waals surface area contributed by atoms with E-state index in [1.54, 1.807) is 42.8 Å². The van der Waals surface area contributed by atoms with Gasteiger partial charge in [-0.25, -0.2) is 8.42 Å². The van der Waals surface area contributed by atoms with Crippen LogP contribution in [0.15, 0.2) is 46.0 Å². The number of nitrogens with one attached hydrogen (secondary N) is 2. The van der Waals surface area contributed by atoms with Crippen LogP contribution in [-0.4, -0.2) is 34.1 Å². The molecule has 0 aliphatic carbocycles. The van der Waals surface area contributed by atoms with Gasteiger partial charge in [-0.2, -0.15) is 0 Å². The minimum atomic E-state index is -3.58. The fraction of sp³-hybridized carbons (Fsp3) is 0.267. The fourth-order valence-electron chi connectivity index (χ4n) is 1.91. The van der Waals surface area contributed by atoms with Crippen molar-refractivity contribution in [1.82, 2.24) is 5.32 Å². The van der Waals surface area contributed by atoms with Crippen molar-refractivity contribution >= 4 is 33.0 Å². The van der Waals surface area contributed by atoms with E-state index in [1.165, 1.54) is 6.07 Å². The maximum atomic E-state index is 12.1. The Labute approximate surface area is 139 Å². The number of hydrogen-bond donors (Lipinski definition) is 2. The van der Waals surface area contributed by atoms with Crippen LogP contribution in [0.5, 0.6) is 0 Å². The molecule has 0 aliphatic heterocycles. The summed E-state index contributed by atoms with van der Waals surface area (Å²) < 4.78 is 31.9. The van der Waals surface area contributed by atoms with Crippen molar-refractivity contribution in [2.45, 2.75) is 17.2 Å². The van der Waals surface area contributed by atoms with E-state index in [1.807, 2.05) is 6.92 Å². The van der Waals surface area contributed by atoms with Gasteiger partial charge in [-0.1, -0.05) is 6.07 Å². The lowest BCUT2D eigenvalue weighted by molar-refractivity contribution is 0.0905.